The van der Waals surface area contributed by atoms with Crippen LogP contribution in [0.15, 0.2) is 41.6 Å². The second-order valence-electron chi connectivity index (χ2n) is 5.00. The number of aryl methyl sites for hydroxylation is 1. The lowest BCUT2D eigenvalue weighted by Gasteiger charge is -2.09. The molecule has 8 heteroatoms. The van der Waals surface area contributed by atoms with Gasteiger partial charge in [-0.25, -0.2) is 4.98 Å². The molecule has 0 saturated heterocycles. The Morgan fingerprint density at radius 3 is 2.91 bits per heavy atom. The molecule has 8 nitrogen and oxygen atoms in total. The van der Waals surface area contributed by atoms with Gasteiger partial charge in [0.2, 0.25) is 0 Å². The van der Waals surface area contributed by atoms with Crippen molar-refractivity contribution in [3.8, 4) is 0 Å². The van der Waals surface area contributed by atoms with Gasteiger partial charge in [-0.2, -0.15) is 0 Å². The normalized spacial score (nSPS) is 10.7. The molecular weight excluding hydrogens is 298 g/mol. The third-order valence-electron chi connectivity index (χ3n) is 3.52. The summed E-state index contributed by atoms with van der Waals surface area (Å²) in [5.41, 5.74) is 1.87. The van der Waals surface area contributed by atoms with Crippen molar-refractivity contribution in [3.05, 3.63) is 68.5 Å². The fourth-order valence-corrected chi connectivity index (χ4v) is 2.28. The van der Waals surface area contributed by atoms with Gasteiger partial charge in [-0.3, -0.25) is 19.9 Å². The third-order valence-corrected chi connectivity index (χ3v) is 3.52. The average Bonchev–Trinajstić information content (AvgIpc) is 2.53. The SMILES string of the molecule is Cc1cccnc1CNc1cc2nc[nH]c(=O)c2cc1[N+](=O)[O-]. The summed E-state index contributed by atoms with van der Waals surface area (Å²) in [6.45, 7) is 2.25. The first-order valence-electron chi connectivity index (χ1n) is 6.86. The molecule has 116 valence electrons. The van der Waals surface area contributed by atoms with Crippen LogP contribution >= 0.6 is 0 Å². The van der Waals surface area contributed by atoms with Crippen LogP contribution in [-0.4, -0.2) is 19.9 Å². The highest BCUT2D eigenvalue weighted by Gasteiger charge is 2.17. The number of hydrogen-bond acceptors (Lipinski definition) is 6. The lowest BCUT2D eigenvalue weighted by atomic mass is 10.1. The molecule has 0 amide bonds. The minimum atomic E-state index is -0.528. The number of anilines is 1. The molecule has 0 aliphatic rings. The molecule has 2 N–H and O–H groups in total. The maximum atomic E-state index is 11.7. The molecule has 3 rings (SSSR count). The lowest BCUT2D eigenvalue weighted by molar-refractivity contribution is -0.383. The highest BCUT2D eigenvalue weighted by molar-refractivity contribution is 5.86. The zero-order chi connectivity index (χ0) is 16.4. The number of nitrogens with one attached hydrogen (secondary N) is 2. The van der Waals surface area contributed by atoms with Crippen LogP contribution in [0.4, 0.5) is 11.4 Å². The second-order valence-corrected chi connectivity index (χ2v) is 5.00. The molecule has 0 atom stereocenters. The first-order chi connectivity index (χ1) is 11.1. The zero-order valence-electron chi connectivity index (χ0n) is 12.2. The van der Waals surface area contributed by atoms with E-state index in [2.05, 4.69) is 20.3 Å². The Morgan fingerprint density at radius 1 is 1.35 bits per heavy atom. The first kappa shape index (κ1) is 14.6. The van der Waals surface area contributed by atoms with E-state index in [9.17, 15) is 14.9 Å². The van der Waals surface area contributed by atoms with Crippen molar-refractivity contribution < 1.29 is 4.92 Å². The smallest absolute Gasteiger partial charge is 0.293 e. The van der Waals surface area contributed by atoms with Gasteiger partial charge in [-0.05, 0) is 24.6 Å². The van der Waals surface area contributed by atoms with E-state index in [0.717, 1.165) is 11.3 Å². The molecule has 3 aromatic rings. The predicted molar refractivity (Wildman–Crippen MR) is 85.3 cm³/mol. The third kappa shape index (κ3) is 2.86. The maximum absolute atomic E-state index is 11.7. The van der Waals surface area contributed by atoms with Crippen molar-refractivity contribution in [2.24, 2.45) is 0 Å². The van der Waals surface area contributed by atoms with Gasteiger partial charge >= 0.3 is 0 Å². The summed E-state index contributed by atoms with van der Waals surface area (Å²) >= 11 is 0. The summed E-state index contributed by atoms with van der Waals surface area (Å²) in [6.07, 6.45) is 2.93. The van der Waals surface area contributed by atoms with E-state index in [-0.39, 0.29) is 11.1 Å². The van der Waals surface area contributed by atoms with Crippen LogP contribution in [0.25, 0.3) is 10.9 Å². The molecule has 0 saturated carbocycles. The van der Waals surface area contributed by atoms with Crippen LogP contribution in [0.2, 0.25) is 0 Å². The fourth-order valence-electron chi connectivity index (χ4n) is 2.28. The monoisotopic (exact) mass is 311 g/mol. The number of benzene rings is 1. The molecular formula is C15H13N5O3. The van der Waals surface area contributed by atoms with E-state index in [0.29, 0.717) is 17.7 Å². The van der Waals surface area contributed by atoms with Gasteiger partial charge in [0.25, 0.3) is 11.2 Å². The number of fused-ring (bicyclic) bond motifs is 1. The van der Waals surface area contributed by atoms with Crippen molar-refractivity contribution in [1.29, 1.82) is 0 Å². The van der Waals surface area contributed by atoms with Crippen LogP contribution < -0.4 is 10.9 Å². The molecule has 1 aromatic carbocycles. The van der Waals surface area contributed by atoms with Crippen molar-refractivity contribution in [1.82, 2.24) is 15.0 Å². The average molecular weight is 311 g/mol. The number of pyridine rings is 1. The molecule has 0 radical (unpaired) electrons. The summed E-state index contributed by atoms with van der Waals surface area (Å²) in [5.74, 6) is 0. The van der Waals surface area contributed by atoms with Crippen molar-refractivity contribution >= 4 is 22.3 Å². The van der Waals surface area contributed by atoms with Gasteiger partial charge in [0.05, 0.1) is 34.4 Å². The lowest BCUT2D eigenvalue weighted by Crippen LogP contribution is -2.09. The van der Waals surface area contributed by atoms with Gasteiger partial charge in [-0.1, -0.05) is 6.07 Å². The van der Waals surface area contributed by atoms with Gasteiger partial charge in [0.1, 0.15) is 5.69 Å². The number of nitro groups is 1. The molecule has 0 aliphatic carbocycles. The van der Waals surface area contributed by atoms with Crippen LogP contribution in [0.5, 0.6) is 0 Å². The van der Waals surface area contributed by atoms with Gasteiger partial charge < -0.3 is 10.3 Å². The van der Waals surface area contributed by atoms with Crippen molar-refractivity contribution in [2.45, 2.75) is 13.5 Å². The molecule has 0 unspecified atom stereocenters. The summed E-state index contributed by atoms with van der Waals surface area (Å²) in [7, 11) is 0. The summed E-state index contributed by atoms with van der Waals surface area (Å²) in [4.78, 5) is 33.2. The minimum absolute atomic E-state index is 0.176. The highest BCUT2D eigenvalue weighted by atomic mass is 16.6. The van der Waals surface area contributed by atoms with E-state index >= 15 is 0 Å². The summed E-state index contributed by atoms with van der Waals surface area (Å²) < 4.78 is 0. The van der Waals surface area contributed by atoms with E-state index < -0.39 is 10.5 Å². The molecule has 0 fully saturated rings. The van der Waals surface area contributed by atoms with E-state index in [4.69, 9.17) is 0 Å². The number of aromatic nitrogens is 3. The maximum Gasteiger partial charge on any atom is 0.293 e. The largest absolute Gasteiger partial charge is 0.374 e. The Labute approximate surface area is 130 Å². The van der Waals surface area contributed by atoms with Crippen molar-refractivity contribution in [3.63, 3.8) is 0 Å². The Kier molecular flexibility index (Phi) is 3.71. The van der Waals surface area contributed by atoms with Gasteiger partial charge in [0, 0.05) is 12.3 Å². The molecule has 2 heterocycles. The Hall–Kier alpha value is -3.29. The zero-order valence-corrected chi connectivity index (χ0v) is 12.2. The fraction of sp³-hybridized carbons (Fsp3) is 0.133. The molecule has 0 aliphatic heterocycles. The number of rotatable bonds is 4. The number of nitro benzene ring substituents is 1. The number of aromatic amines is 1. The first-order valence-corrected chi connectivity index (χ1v) is 6.86. The topological polar surface area (TPSA) is 114 Å². The molecule has 2 aromatic heterocycles. The Balaban J connectivity index is 2.02. The molecule has 23 heavy (non-hydrogen) atoms. The van der Waals surface area contributed by atoms with Gasteiger partial charge in [-0.15, -0.1) is 0 Å². The Bertz CT molecular complexity index is 951. The number of H-pyrrole nitrogens is 1. The van der Waals surface area contributed by atoms with Crippen LogP contribution in [0.3, 0.4) is 0 Å². The number of hydrogen-bond donors (Lipinski definition) is 2. The van der Waals surface area contributed by atoms with Gasteiger partial charge in [0.15, 0.2) is 0 Å². The summed E-state index contributed by atoms with van der Waals surface area (Å²) in [5, 5.41) is 14.5. The van der Waals surface area contributed by atoms with Crippen LogP contribution in [-0.2, 0) is 6.54 Å². The predicted octanol–water partition coefficient (Wildman–Crippen LogP) is 2.15. The van der Waals surface area contributed by atoms with Crippen molar-refractivity contribution in [2.75, 3.05) is 5.32 Å². The van der Waals surface area contributed by atoms with Crippen LogP contribution in [0, 0.1) is 17.0 Å². The van der Waals surface area contributed by atoms with E-state index in [1.165, 1.54) is 18.5 Å². The minimum Gasteiger partial charge on any atom is -0.374 e. The van der Waals surface area contributed by atoms with E-state index in [1.54, 1.807) is 6.20 Å². The second kappa shape index (κ2) is 5.84. The summed E-state index contributed by atoms with van der Waals surface area (Å²) in [6, 6.07) is 6.48. The number of nitrogens with zero attached hydrogens (tertiary/aromatic N) is 3. The van der Waals surface area contributed by atoms with E-state index in [1.807, 2.05) is 19.1 Å². The molecule has 0 spiro atoms. The van der Waals surface area contributed by atoms with Crippen LogP contribution in [0.1, 0.15) is 11.3 Å². The standard InChI is InChI=1S/C15H13N5O3/c1-9-3-2-4-16-13(9)7-17-12-6-11-10(5-14(12)20(22)23)15(21)19-8-18-11/h2-6,8,17H,7H2,1H3,(H,18,19,21). The Morgan fingerprint density at radius 2 is 2.17 bits per heavy atom. The molecule has 0 bridgehead atoms. The quantitative estimate of drug-likeness (QED) is 0.563. The highest BCUT2D eigenvalue weighted by Crippen LogP contribution is 2.28.